The molecule has 0 spiro atoms. The van der Waals surface area contributed by atoms with Gasteiger partial charge < -0.3 is 11.1 Å². The number of carbonyl (C=O) groups is 1. The maximum Gasteiger partial charge on any atom is 0.220 e. The number of carbonyl (C=O) groups excluding carboxylic acids is 1. The molecule has 2 atom stereocenters. The second-order valence-corrected chi connectivity index (χ2v) is 4.21. The van der Waals surface area contributed by atoms with Gasteiger partial charge in [-0.25, -0.2) is 0 Å². The lowest BCUT2D eigenvalue weighted by atomic mass is 9.84. The van der Waals surface area contributed by atoms with Gasteiger partial charge in [-0.05, 0) is 31.2 Å². The SMILES string of the molecule is CC(C)C(CN)C1CCCC(=O)N1. The monoisotopic (exact) mass is 184 g/mol. The number of hydrogen-bond acceptors (Lipinski definition) is 2. The van der Waals surface area contributed by atoms with Crippen LogP contribution in [0.4, 0.5) is 0 Å². The molecular formula is C10H20N2O. The Morgan fingerprint density at radius 3 is 2.77 bits per heavy atom. The Kier molecular flexibility index (Phi) is 3.72. The Bertz CT molecular complexity index is 180. The molecule has 0 saturated carbocycles. The summed E-state index contributed by atoms with van der Waals surface area (Å²) in [5, 5.41) is 3.03. The number of nitrogens with one attached hydrogen (secondary N) is 1. The summed E-state index contributed by atoms with van der Waals surface area (Å²) in [6, 6.07) is 0.311. The highest BCUT2D eigenvalue weighted by Gasteiger charge is 2.27. The van der Waals surface area contributed by atoms with E-state index < -0.39 is 0 Å². The lowest BCUT2D eigenvalue weighted by Gasteiger charge is -2.32. The minimum Gasteiger partial charge on any atom is -0.353 e. The molecule has 1 saturated heterocycles. The molecule has 0 aromatic carbocycles. The van der Waals surface area contributed by atoms with E-state index in [1.54, 1.807) is 0 Å². The van der Waals surface area contributed by atoms with E-state index in [9.17, 15) is 4.79 Å². The predicted octanol–water partition coefficient (Wildman–Crippen LogP) is 0.886. The van der Waals surface area contributed by atoms with Gasteiger partial charge in [0.25, 0.3) is 0 Å². The first-order valence-electron chi connectivity index (χ1n) is 5.14. The van der Waals surface area contributed by atoms with Crippen molar-refractivity contribution in [2.24, 2.45) is 17.6 Å². The zero-order valence-corrected chi connectivity index (χ0v) is 8.55. The first-order chi connectivity index (χ1) is 6.15. The Hall–Kier alpha value is -0.570. The van der Waals surface area contributed by atoms with Crippen LogP contribution >= 0.6 is 0 Å². The molecule has 3 N–H and O–H groups in total. The quantitative estimate of drug-likeness (QED) is 0.684. The van der Waals surface area contributed by atoms with Crippen LogP contribution in [0.25, 0.3) is 0 Å². The first-order valence-corrected chi connectivity index (χ1v) is 5.14. The highest BCUT2D eigenvalue weighted by Crippen LogP contribution is 2.21. The van der Waals surface area contributed by atoms with Gasteiger partial charge in [-0.15, -0.1) is 0 Å². The summed E-state index contributed by atoms with van der Waals surface area (Å²) < 4.78 is 0. The third-order valence-corrected chi connectivity index (χ3v) is 2.91. The Labute approximate surface area is 80.1 Å². The standard InChI is InChI=1S/C10H20N2O/c1-7(2)8(6-11)9-4-3-5-10(13)12-9/h7-9H,3-6,11H2,1-2H3,(H,12,13). The van der Waals surface area contributed by atoms with Gasteiger partial charge in [-0.2, -0.15) is 0 Å². The fraction of sp³-hybridized carbons (Fsp3) is 0.900. The van der Waals surface area contributed by atoms with Crippen molar-refractivity contribution in [3.63, 3.8) is 0 Å². The van der Waals surface area contributed by atoms with Crippen molar-refractivity contribution in [1.82, 2.24) is 5.32 Å². The van der Waals surface area contributed by atoms with Crippen molar-refractivity contribution in [1.29, 1.82) is 0 Å². The zero-order valence-electron chi connectivity index (χ0n) is 8.55. The van der Waals surface area contributed by atoms with Crippen LogP contribution in [0.2, 0.25) is 0 Å². The Morgan fingerprint density at radius 1 is 1.62 bits per heavy atom. The third kappa shape index (κ3) is 2.69. The summed E-state index contributed by atoms with van der Waals surface area (Å²) in [7, 11) is 0. The summed E-state index contributed by atoms with van der Waals surface area (Å²) in [6.45, 7) is 5.00. The average molecular weight is 184 g/mol. The smallest absolute Gasteiger partial charge is 0.220 e. The molecule has 1 amide bonds. The van der Waals surface area contributed by atoms with Crippen LogP contribution in [0, 0.1) is 11.8 Å². The van der Waals surface area contributed by atoms with E-state index in [0.29, 0.717) is 30.8 Å². The number of nitrogens with two attached hydrogens (primary N) is 1. The lowest BCUT2D eigenvalue weighted by molar-refractivity contribution is -0.123. The van der Waals surface area contributed by atoms with Crippen LogP contribution in [-0.4, -0.2) is 18.5 Å². The molecule has 13 heavy (non-hydrogen) atoms. The molecule has 3 heteroatoms. The number of piperidine rings is 1. The van der Waals surface area contributed by atoms with Crippen molar-refractivity contribution in [2.75, 3.05) is 6.54 Å². The molecule has 76 valence electrons. The van der Waals surface area contributed by atoms with Crippen LogP contribution in [-0.2, 0) is 4.79 Å². The van der Waals surface area contributed by atoms with Crippen LogP contribution < -0.4 is 11.1 Å². The third-order valence-electron chi connectivity index (χ3n) is 2.91. The minimum absolute atomic E-state index is 0.190. The summed E-state index contributed by atoms with van der Waals surface area (Å²) in [5.74, 6) is 1.17. The van der Waals surface area contributed by atoms with Gasteiger partial charge >= 0.3 is 0 Å². The number of hydrogen-bond donors (Lipinski definition) is 2. The van der Waals surface area contributed by atoms with E-state index in [4.69, 9.17) is 5.73 Å². The molecule has 0 aliphatic carbocycles. The van der Waals surface area contributed by atoms with Crippen molar-refractivity contribution in [3.05, 3.63) is 0 Å². The molecule has 2 unspecified atom stereocenters. The zero-order chi connectivity index (χ0) is 9.84. The largest absolute Gasteiger partial charge is 0.353 e. The molecule has 1 heterocycles. The summed E-state index contributed by atoms with van der Waals surface area (Å²) in [6.07, 6.45) is 2.79. The molecule has 1 aliphatic heterocycles. The maximum absolute atomic E-state index is 11.2. The highest BCUT2D eigenvalue weighted by molar-refractivity contribution is 5.76. The molecule has 0 aromatic rings. The fourth-order valence-electron chi connectivity index (χ4n) is 2.06. The van der Waals surface area contributed by atoms with E-state index in [2.05, 4.69) is 19.2 Å². The van der Waals surface area contributed by atoms with Crippen molar-refractivity contribution >= 4 is 5.91 Å². The van der Waals surface area contributed by atoms with Crippen LogP contribution in [0.3, 0.4) is 0 Å². The second kappa shape index (κ2) is 4.61. The number of amides is 1. The van der Waals surface area contributed by atoms with Gasteiger partial charge in [0.05, 0.1) is 0 Å². The molecule has 1 rings (SSSR count). The predicted molar refractivity (Wildman–Crippen MR) is 53.2 cm³/mol. The van der Waals surface area contributed by atoms with Crippen LogP contribution in [0.15, 0.2) is 0 Å². The van der Waals surface area contributed by atoms with Crippen molar-refractivity contribution in [2.45, 2.75) is 39.2 Å². The molecular weight excluding hydrogens is 164 g/mol. The van der Waals surface area contributed by atoms with Gasteiger partial charge in [-0.3, -0.25) is 4.79 Å². The Morgan fingerprint density at radius 2 is 2.31 bits per heavy atom. The molecule has 1 aliphatic rings. The van der Waals surface area contributed by atoms with E-state index in [-0.39, 0.29) is 5.91 Å². The summed E-state index contributed by atoms with van der Waals surface area (Å²) in [5.41, 5.74) is 5.70. The average Bonchev–Trinajstić information content (AvgIpc) is 2.04. The lowest BCUT2D eigenvalue weighted by Crippen LogP contribution is -2.47. The fourth-order valence-corrected chi connectivity index (χ4v) is 2.06. The summed E-state index contributed by atoms with van der Waals surface area (Å²) in [4.78, 5) is 11.2. The van der Waals surface area contributed by atoms with Gasteiger partial charge in [-0.1, -0.05) is 13.8 Å². The summed E-state index contributed by atoms with van der Waals surface area (Å²) >= 11 is 0. The second-order valence-electron chi connectivity index (χ2n) is 4.21. The van der Waals surface area contributed by atoms with Gasteiger partial charge in [0.2, 0.25) is 5.91 Å². The first kappa shape index (κ1) is 10.5. The minimum atomic E-state index is 0.190. The van der Waals surface area contributed by atoms with Crippen LogP contribution in [0.1, 0.15) is 33.1 Å². The van der Waals surface area contributed by atoms with E-state index >= 15 is 0 Å². The molecule has 0 aromatic heterocycles. The van der Waals surface area contributed by atoms with Crippen molar-refractivity contribution < 1.29 is 4.79 Å². The highest BCUT2D eigenvalue weighted by atomic mass is 16.1. The normalized spacial score (nSPS) is 25.8. The molecule has 3 nitrogen and oxygen atoms in total. The number of rotatable bonds is 3. The van der Waals surface area contributed by atoms with Gasteiger partial charge in [0.1, 0.15) is 0 Å². The Balaban J connectivity index is 2.52. The molecule has 1 fully saturated rings. The molecule has 0 radical (unpaired) electrons. The van der Waals surface area contributed by atoms with Crippen LogP contribution in [0.5, 0.6) is 0 Å². The molecule has 0 bridgehead atoms. The van der Waals surface area contributed by atoms with Gasteiger partial charge in [0, 0.05) is 12.5 Å². The van der Waals surface area contributed by atoms with E-state index in [1.807, 2.05) is 0 Å². The maximum atomic E-state index is 11.2. The van der Waals surface area contributed by atoms with E-state index in [0.717, 1.165) is 12.8 Å². The van der Waals surface area contributed by atoms with Gasteiger partial charge in [0.15, 0.2) is 0 Å². The van der Waals surface area contributed by atoms with Crippen molar-refractivity contribution in [3.8, 4) is 0 Å². The van der Waals surface area contributed by atoms with E-state index in [1.165, 1.54) is 0 Å². The topological polar surface area (TPSA) is 55.1 Å².